The number of hydrogen-bond acceptors (Lipinski definition) is 0. The Bertz CT molecular complexity index is 255. The van der Waals surface area contributed by atoms with Gasteiger partial charge in [-0.3, -0.25) is 0 Å². The molecule has 0 aromatic carbocycles. The van der Waals surface area contributed by atoms with Gasteiger partial charge in [0.2, 0.25) is 0 Å². The Labute approximate surface area is 207 Å². The van der Waals surface area contributed by atoms with Crippen molar-refractivity contribution >= 4 is 6.71 Å². The van der Waals surface area contributed by atoms with Crippen LogP contribution in [0, 0.1) is 0 Å². The van der Waals surface area contributed by atoms with E-state index in [-0.39, 0.29) is 12.4 Å². The Morgan fingerprint density at radius 3 is 0.806 bits per heavy atom. The Morgan fingerprint density at radius 1 is 0.387 bits per heavy atom. The van der Waals surface area contributed by atoms with Crippen LogP contribution in [0.4, 0.5) is 0 Å². The van der Waals surface area contributed by atoms with Crippen LogP contribution in [0.25, 0.3) is 0 Å². The molecule has 0 aliphatic carbocycles. The minimum atomic E-state index is 0. The molecule has 0 aromatic heterocycles. The molecule has 0 radical (unpaired) electrons. The molecule has 0 aliphatic heterocycles. The predicted octanol–water partition coefficient (Wildman–Crippen LogP) is 6.89. The first-order valence-electron chi connectivity index (χ1n) is 14.4. The summed E-state index contributed by atoms with van der Waals surface area (Å²) >= 11 is 0. The van der Waals surface area contributed by atoms with Crippen molar-refractivity contribution in [3.63, 3.8) is 0 Å². The summed E-state index contributed by atoms with van der Waals surface area (Å²) in [5.41, 5.74) is 0. The number of quaternary nitrogens is 1. The molecule has 0 unspecified atom stereocenters. The van der Waals surface area contributed by atoms with Gasteiger partial charge in [-0.15, -0.1) is 0 Å². The van der Waals surface area contributed by atoms with Crippen molar-refractivity contribution in [2.45, 2.75) is 157 Å². The average Bonchev–Trinajstić information content (AvgIpc) is 2.78. The van der Waals surface area contributed by atoms with E-state index in [0.717, 1.165) is 6.71 Å². The Balaban J connectivity index is -0.000000507. The van der Waals surface area contributed by atoms with E-state index in [9.17, 15) is 0 Å². The molecule has 0 atom stereocenters. The molecule has 31 heavy (non-hydrogen) atoms. The quantitative estimate of drug-likeness (QED) is 0.129. The molecule has 0 saturated heterocycles. The molecule has 0 heterocycles. The van der Waals surface area contributed by atoms with Gasteiger partial charge in [0.15, 0.2) is 0 Å². The lowest BCUT2D eigenvalue weighted by atomic mass is 9.41. The zero-order chi connectivity index (χ0) is 22.9. The van der Waals surface area contributed by atoms with Crippen LogP contribution in [0.2, 0.25) is 19.0 Å². The highest BCUT2D eigenvalue weighted by molar-refractivity contribution is 6.58. The summed E-state index contributed by atoms with van der Waals surface area (Å²) in [4.78, 5) is 0. The van der Waals surface area contributed by atoms with Crippen molar-refractivity contribution < 1.29 is 16.9 Å². The van der Waals surface area contributed by atoms with E-state index >= 15 is 0 Å². The number of hydrogen-bond donors (Lipinski definition) is 0. The number of unbranched alkanes of at least 4 members (excludes halogenated alkanes) is 7. The fourth-order valence-electron chi connectivity index (χ4n) is 4.56. The lowest BCUT2D eigenvalue weighted by Gasteiger charge is -2.39. The number of halogens is 1. The molecule has 190 valence electrons. The number of nitrogens with zero attached hydrogens (tertiary/aromatic N) is 1. The second-order valence-corrected chi connectivity index (χ2v) is 9.94. The van der Waals surface area contributed by atoms with E-state index in [1.807, 2.05) is 0 Å². The summed E-state index contributed by atoms with van der Waals surface area (Å²) < 4.78 is 1.42. The maximum absolute atomic E-state index is 2.33. The summed E-state index contributed by atoms with van der Waals surface area (Å²) in [5, 5.41) is 0. The van der Waals surface area contributed by atoms with Gasteiger partial charge in [0.05, 0.1) is 26.2 Å². The summed E-state index contributed by atoms with van der Waals surface area (Å²) in [6.45, 7) is 23.0. The molecule has 3 heteroatoms. The Morgan fingerprint density at radius 2 is 0.613 bits per heavy atom. The van der Waals surface area contributed by atoms with Crippen LogP contribution >= 0.6 is 0 Å². The van der Waals surface area contributed by atoms with Gasteiger partial charge < -0.3 is 16.9 Å². The molecule has 0 amide bonds. The minimum absolute atomic E-state index is 0. The van der Waals surface area contributed by atoms with Crippen LogP contribution in [0.15, 0.2) is 0 Å². The van der Waals surface area contributed by atoms with Gasteiger partial charge >= 0.3 is 0 Å². The largest absolute Gasteiger partial charge is 1.00 e. The monoisotopic (exact) mass is 459 g/mol. The highest BCUT2D eigenvalue weighted by atomic mass is 35.5. The van der Waals surface area contributed by atoms with E-state index in [1.54, 1.807) is 0 Å². The maximum Gasteiger partial charge on any atom is 0.139 e. The van der Waals surface area contributed by atoms with Crippen molar-refractivity contribution in [2.24, 2.45) is 0 Å². The van der Waals surface area contributed by atoms with Gasteiger partial charge in [0.25, 0.3) is 0 Å². The van der Waals surface area contributed by atoms with Crippen molar-refractivity contribution in [3.8, 4) is 0 Å². The molecular weight excluding hydrogens is 397 g/mol. The van der Waals surface area contributed by atoms with Gasteiger partial charge in [0.1, 0.15) is 6.71 Å². The van der Waals surface area contributed by atoms with Crippen LogP contribution < -0.4 is 12.4 Å². The predicted molar refractivity (Wildman–Crippen MR) is 144 cm³/mol. The van der Waals surface area contributed by atoms with E-state index in [2.05, 4.69) is 48.5 Å². The second kappa shape index (κ2) is 28.3. The zero-order valence-electron chi connectivity index (χ0n) is 23.3. The Hall–Kier alpha value is 0.315. The lowest BCUT2D eigenvalue weighted by Crippen LogP contribution is -3.00. The maximum atomic E-state index is 2.33. The molecule has 0 aliphatic rings. The molecule has 0 saturated carbocycles. The van der Waals surface area contributed by atoms with Gasteiger partial charge in [-0.2, -0.15) is 0 Å². The summed E-state index contributed by atoms with van der Waals surface area (Å²) in [5.74, 6) is 0. The third-order valence-electron chi connectivity index (χ3n) is 6.84. The number of rotatable bonds is 21. The first-order chi connectivity index (χ1) is 14.6. The van der Waals surface area contributed by atoms with Gasteiger partial charge in [-0.05, 0) is 25.7 Å². The van der Waals surface area contributed by atoms with E-state index in [0.29, 0.717) is 0 Å². The second-order valence-electron chi connectivity index (χ2n) is 9.94. The minimum Gasteiger partial charge on any atom is -1.00 e. The lowest BCUT2D eigenvalue weighted by molar-refractivity contribution is -0.929. The van der Waals surface area contributed by atoms with Crippen LogP contribution in [-0.2, 0) is 0 Å². The van der Waals surface area contributed by atoms with E-state index in [1.165, 1.54) is 140 Å². The van der Waals surface area contributed by atoms with Crippen LogP contribution in [0.3, 0.4) is 0 Å². The third-order valence-corrected chi connectivity index (χ3v) is 6.84. The highest BCUT2D eigenvalue weighted by Gasteiger charge is 2.24. The topological polar surface area (TPSA) is 0 Å². The molecule has 0 spiro atoms. The van der Waals surface area contributed by atoms with Gasteiger partial charge in [-0.1, -0.05) is 132 Å². The first-order valence-corrected chi connectivity index (χ1v) is 14.4. The van der Waals surface area contributed by atoms with E-state index < -0.39 is 0 Å². The Kier molecular flexibility index (Phi) is 32.8. The molecular formula is C28H63BClN. The smallest absolute Gasteiger partial charge is 0.139 e. The normalized spacial score (nSPS) is 10.9. The van der Waals surface area contributed by atoms with Gasteiger partial charge in [0, 0.05) is 0 Å². The molecule has 0 bridgehead atoms. The summed E-state index contributed by atoms with van der Waals surface area (Å²) in [7, 11) is 0. The molecule has 0 fully saturated rings. The molecule has 0 rings (SSSR count). The molecule has 0 aromatic rings. The summed E-state index contributed by atoms with van der Waals surface area (Å²) in [6, 6.07) is 0. The van der Waals surface area contributed by atoms with Crippen molar-refractivity contribution in [1.82, 2.24) is 0 Å². The molecule has 0 N–H and O–H groups in total. The van der Waals surface area contributed by atoms with Crippen LogP contribution in [-0.4, -0.2) is 37.4 Å². The zero-order valence-corrected chi connectivity index (χ0v) is 24.0. The fourth-order valence-corrected chi connectivity index (χ4v) is 4.56. The van der Waals surface area contributed by atoms with Crippen molar-refractivity contribution in [2.75, 3.05) is 26.2 Å². The van der Waals surface area contributed by atoms with Crippen molar-refractivity contribution in [1.29, 1.82) is 0 Å². The van der Waals surface area contributed by atoms with E-state index in [4.69, 9.17) is 0 Å². The van der Waals surface area contributed by atoms with Crippen LogP contribution in [0.5, 0.6) is 0 Å². The molecule has 1 nitrogen and oxygen atoms in total. The van der Waals surface area contributed by atoms with Crippen molar-refractivity contribution in [3.05, 3.63) is 0 Å². The first kappa shape index (κ1) is 35.9. The van der Waals surface area contributed by atoms with Crippen LogP contribution in [0.1, 0.15) is 138 Å². The standard InChI is InChI=1S/C16H36N.C12H27B.ClH/c1-5-9-13-17(14-10-6-2,15-11-7-3)16-12-8-4;1-4-7-10-13(11-8-5-2)12-9-6-3;/h5-16H2,1-4H3;4-12H2,1-3H3;1H/q+1;;/p-1. The SMILES string of the molecule is CCCCB(CCCC)CCCC.CCCC[N+](CCCC)(CCCC)CCCC.[Cl-]. The highest BCUT2D eigenvalue weighted by Crippen LogP contribution is 2.17. The summed E-state index contributed by atoms with van der Waals surface area (Å²) in [6.07, 6.45) is 23.9. The third kappa shape index (κ3) is 23.3. The van der Waals surface area contributed by atoms with Gasteiger partial charge in [-0.25, -0.2) is 0 Å². The fraction of sp³-hybridized carbons (Fsp3) is 1.00. The average molecular weight is 460 g/mol.